The lowest BCUT2D eigenvalue weighted by Gasteiger charge is -1.99. The summed E-state index contributed by atoms with van der Waals surface area (Å²) >= 11 is 1.16. The van der Waals surface area contributed by atoms with Crippen LogP contribution in [0.25, 0.3) is 17.4 Å². The zero-order chi connectivity index (χ0) is 20.4. The fraction of sp³-hybridized carbons (Fsp3) is 0.0476. The van der Waals surface area contributed by atoms with Crippen molar-refractivity contribution in [3.8, 4) is 17.1 Å². The van der Waals surface area contributed by atoms with Crippen molar-refractivity contribution in [1.29, 1.82) is 0 Å². The number of hydrogen-bond donors (Lipinski definition) is 1. The van der Waals surface area contributed by atoms with E-state index in [2.05, 4.69) is 10.3 Å². The number of ether oxygens (including phenoxy) is 1. The van der Waals surface area contributed by atoms with Gasteiger partial charge < -0.3 is 14.5 Å². The van der Waals surface area contributed by atoms with Crippen LogP contribution in [0.4, 0.5) is 14.5 Å². The molecule has 1 N–H and O–H groups in total. The Hall–Kier alpha value is -3.39. The molecule has 0 aliphatic carbocycles. The third kappa shape index (κ3) is 4.22. The Kier molecular flexibility index (Phi) is 5.18. The van der Waals surface area contributed by atoms with Crippen LogP contribution in [0.2, 0.25) is 0 Å². The molecule has 0 unspecified atom stereocenters. The predicted molar refractivity (Wildman–Crippen MR) is 108 cm³/mol. The number of nitrogens with one attached hydrogen (secondary N) is 1. The van der Waals surface area contributed by atoms with Crippen molar-refractivity contribution in [1.82, 2.24) is 5.32 Å². The first-order valence-corrected chi connectivity index (χ1v) is 9.32. The largest absolute Gasteiger partial charge is 0.497 e. The van der Waals surface area contributed by atoms with Gasteiger partial charge in [-0.2, -0.15) is 0 Å². The number of methoxy groups -OCH3 is 1. The molecular weight excluding hydrogens is 398 g/mol. The molecule has 8 heteroatoms. The summed E-state index contributed by atoms with van der Waals surface area (Å²) in [6.45, 7) is 0. The molecule has 0 saturated carbocycles. The van der Waals surface area contributed by atoms with Crippen LogP contribution >= 0.6 is 11.8 Å². The number of carbonyl (C=O) groups excluding carboxylic acids is 1. The summed E-state index contributed by atoms with van der Waals surface area (Å²) in [5.74, 6) is -0.378. The van der Waals surface area contributed by atoms with Gasteiger partial charge in [-0.15, -0.1) is 0 Å². The zero-order valence-electron chi connectivity index (χ0n) is 15.1. The number of amides is 1. The maximum Gasteiger partial charge on any atom is 0.264 e. The first-order chi connectivity index (χ1) is 14.0. The summed E-state index contributed by atoms with van der Waals surface area (Å²) in [4.78, 5) is 17.0. The predicted octanol–water partition coefficient (Wildman–Crippen LogP) is 5.13. The Morgan fingerprint density at radius 2 is 1.90 bits per heavy atom. The summed E-state index contributed by atoms with van der Waals surface area (Å²) in [6.07, 6.45) is 1.54. The van der Waals surface area contributed by atoms with Crippen LogP contribution in [0, 0.1) is 11.6 Å². The van der Waals surface area contributed by atoms with Crippen molar-refractivity contribution in [2.75, 3.05) is 7.11 Å². The van der Waals surface area contributed by atoms with Gasteiger partial charge in [0.1, 0.15) is 28.9 Å². The quantitative estimate of drug-likeness (QED) is 0.604. The number of thioether (sulfide) groups is 1. The van der Waals surface area contributed by atoms with Gasteiger partial charge in [0.15, 0.2) is 5.17 Å². The third-order valence-electron chi connectivity index (χ3n) is 4.05. The molecule has 146 valence electrons. The number of nitrogens with zero attached hydrogens (tertiary/aromatic N) is 1. The number of hydrogen-bond acceptors (Lipinski definition) is 5. The molecule has 2 heterocycles. The van der Waals surface area contributed by atoms with E-state index in [9.17, 15) is 13.6 Å². The van der Waals surface area contributed by atoms with Crippen molar-refractivity contribution < 1.29 is 22.7 Å². The highest BCUT2D eigenvalue weighted by molar-refractivity contribution is 8.18. The summed E-state index contributed by atoms with van der Waals surface area (Å²) in [6, 6.07) is 13.5. The minimum atomic E-state index is -0.722. The molecule has 5 nitrogen and oxygen atoms in total. The van der Waals surface area contributed by atoms with Crippen LogP contribution in [0.3, 0.4) is 0 Å². The van der Waals surface area contributed by atoms with Crippen molar-refractivity contribution >= 4 is 34.6 Å². The van der Waals surface area contributed by atoms with Gasteiger partial charge >= 0.3 is 0 Å². The van der Waals surface area contributed by atoms with E-state index in [4.69, 9.17) is 9.15 Å². The average Bonchev–Trinajstić information content (AvgIpc) is 3.29. The fourth-order valence-corrected chi connectivity index (χ4v) is 3.47. The number of aliphatic imine (C=N–C) groups is 1. The molecule has 29 heavy (non-hydrogen) atoms. The van der Waals surface area contributed by atoms with Gasteiger partial charge in [0.2, 0.25) is 0 Å². The summed E-state index contributed by atoms with van der Waals surface area (Å²) in [7, 11) is 1.58. The molecule has 1 fully saturated rings. The molecule has 3 aromatic rings. The molecule has 0 bridgehead atoms. The van der Waals surface area contributed by atoms with Crippen LogP contribution < -0.4 is 10.1 Å². The normalized spacial score (nSPS) is 16.4. The van der Waals surface area contributed by atoms with Gasteiger partial charge in [-0.05, 0) is 60.3 Å². The Morgan fingerprint density at radius 3 is 2.62 bits per heavy atom. The first kappa shape index (κ1) is 18.9. The molecule has 0 atom stereocenters. The van der Waals surface area contributed by atoms with Crippen molar-refractivity contribution in [3.05, 3.63) is 76.9 Å². The van der Waals surface area contributed by atoms with Gasteiger partial charge in [0.05, 0.1) is 23.3 Å². The number of rotatable bonds is 4. The number of carbonyl (C=O) groups is 1. The number of furan rings is 1. The minimum absolute atomic E-state index is 0.140. The third-order valence-corrected chi connectivity index (χ3v) is 4.96. The number of halogens is 2. The van der Waals surface area contributed by atoms with E-state index in [-0.39, 0.29) is 17.2 Å². The second-order valence-electron chi connectivity index (χ2n) is 6.01. The minimum Gasteiger partial charge on any atom is -0.497 e. The van der Waals surface area contributed by atoms with Gasteiger partial charge in [0.25, 0.3) is 5.91 Å². The molecule has 1 saturated heterocycles. The van der Waals surface area contributed by atoms with Crippen molar-refractivity contribution in [2.45, 2.75) is 0 Å². The zero-order valence-corrected chi connectivity index (χ0v) is 15.9. The Balaban J connectivity index is 1.53. The van der Waals surface area contributed by atoms with Crippen molar-refractivity contribution in [3.63, 3.8) is 0 Å². The lowest BCUT2D eigenvalue weighted by molar-refractivity contribution is -0.115. The summed E-state index contributed by atoms with van der Waals surface area (Å²) in [5, 5.41) is 3.12. The molecular formula is C21H14F2N2O3S. The Bertz CT molecular complexity index is 1140. The second-order valence-corrected chi connectivity index (χ2v) is 7.04. The Labute approximate surface area is 169 Å². The number of benzene rings is 2. The van der Waals surface area contributed by atoms with Gasteiger partial charge in [-0.25, -0.2) is 13.8 Å². The first-order valence-electron chi connectivity index (χ1n) is 8.51. The fourth-order valence-electron chi connectivity index (χ4n) is 2.65. The van der Waals surface area contributed by atoms with E-state index in [0.717, 1.165) is 23.9 Å². The van der Waals surface area contributed by atoms with E-state index in [0.29, 0.717) is 27.3 Å². The SMILES string of the molecule is COc1ccc(N=C2NC(=O)/C(=C/c3ccc(-c4ccc(F)cc4F)o3)S2)cc1. The topological polar surface area (TPSA) is 63.8 Å². The van der Waals surface area contributed by atoms with Gasteiger partial charge in [-0.1, -0.05) is 0 Å². The highest BCUT2D eigenvalue weighted by Gasteiger charge is 2.24. The van der Waals surface area contributed by atoms with Gasteiger partial charge in [-0.3, -0.25) is 4.79 Å². The number of amidine groups is 1. The highest BCUT2D eigenvalue weighted by Crippen LogP contribution is 2.31. The molecule has 1 amide bonds. The van der Waals surface area contributed by atoms with Crippen LogP contribution in [0.1, 0.15) is 5.76 Å². The Morgan fingerprint density at radius 1 is 1.10 bits per heavy atom. The lowest BCUT2D eigenvalue weighted by atomic mass is 10.1. The van der Waals surface area contributed by atoms with Crippen LogP contribution in [0.15, 0.2) is 68.9 Å². The van der Waals surface area contributed by atoms with E-state index in [1.807, 2.05) is 0 Å². The molecule has 4 rings (SSSR count). The smallest absolute Gasteiger partial charge is 0.264 e. The second kappa shape index (κ2) is 7.92. The molecule has 1 aromatic heterocycles. The van der Waals surface area contributed by atoms with Crippen molar-refractivity contribution in [2.24, 2.45) is 4.99 Å². The monoisotopic (exact) mass is 412 g/mol. The van der Waals surface area contributed by atoms with E-state index < -0.39 is 11.6 Å². The maximum atomic E-state index is 13.9. The van der Waals surface area contributed by atoms with E-state index in [1.165, 1.54) is 6.07 Å². The summed E-state index contributed by atoms with van der Waals surface area (Å²) in [5.41, 5.74) is 0.809. The highest BCUT2D eigenvalue weighted by atomic mass is 32.2. The van der Waals surface area contributed by atoms with Crippen LogP contribution in [-0.2, 0) is 4.79 Å². The van der Waals surface area contributed by atoms with Gasteiger partial charge in [0, 0.05) is 12.1 Å². The van der Waals surface area contributed by atoms with Crippen LogP contribution in [0.5, 0.6) is 5.75 Å². The molecule has 0 spiro atoms. The van der Waals surface area contributed by atoms with E-state index >= 15 is 0 Å². The average molecular weight is 412 g/mol. The molecule has 1 aliphatic heterocycles. The van der Waals surface area contributed by atoms with E-state index in [1.54, 1.807) is 49.6 Å². The molecule has 1 aliphatic rings. The van der Waals surface area contributed by atoms with Crippen LogP contribution in [-0.4, -0.2) is 18.2 Å². The molecule has 0 radical (unpaired) electrons. The maximum absolute atomic E-state index is 13.9. The standard InChI is InChI=1S/C21H14F2N2O3S/c1-27-14-5-3-13(4-6-14)24-21-25-20(26)19(29-21)11-15-7-9-18(28-15)16-8-2-12(22)10-17(16)23/h2-11H,1H3,(H,24,25,26)/b19-11-. The molecule has 2 aromatic carbocycles. The lowest BCUT2D eigenvalue weighted by Crippen LogP contribution is -2.19. The summed E-state index contributed by atoms with van der Waals surface area (Å²) < 4.78 is 37.7.